The number of carbonyl (C=O) groups is 1. The van der Waals surface area contributed by atoms with E-state index in [1.54, 1.807) is 6.92 Å². The number of nitrogens with one attached hydrogen (secondary N) is 2. The van der Waals surface area contributed by atoms with Gasteiger partial charge in [-0.2, -0.15) is 13.2 Å². The van der Waals surface area contributed by atoms with Crippen molar-refractivity contribution < 1.29 is 18.0 Å². The maximum Gasteiger partial charge on any atom is 0.449 e. The first-order valence-corrected chi connectivity index (χ1v) is 7.61. The third-order valence-corrected chi connectivity index (χ3v) is 4.39. The molecule has 0 radical (unpaired) electrons. The highest BCUT2D eigenvalue weighted by atomic mass is 19.4. The molecule has 2 N–H and O–H groups in total. The zero-order valence-corrected chi connectivity index (χ0v) is 13.1. The average molecular weight is 320 g/mol. The predicted octanol–water partition coefficient (Wildman–Crippen LogP) is 1.65. The number of aliphatic imine (C=N–C) groups is 1. The maximum absolute atomic E-state index is 13.0. The van der Waals surface area contributed by atoms with Gasteiger partial charge in [-0.3, -0.25) is 9.79 Å². The van der Waals surface area contributed by atoms with Crippen molar-refractivity contribution in [2.45, 2.75) is 63.5 Å². The van der Waals surface area contributed by atoms with Gasteiger partial charge in [0.25, 0.3) is 0 Å². The van der Waals surface area contributed by atoms with E-state index in [0.29, 0.717) is 0 Å². The van der Waals surface area contributed by atoms with Crippen molar-refractivity contribution in [2.75, 3.05) is 13.6 Å². The molecule has 1 saturated heterocycles. The molecule has 0 bridgehead atoms. The van der Waals surface area contributed by atoms with Crippen molar-refractivity contribution in [3.8, 4) is 0 Å². The van der Waals surface area contributed by atoms with E-state index in [4.69, 9.17) is 0 Å². The molecule has 0 aromatic rings. The van der Waals surface area contributed by atoms with Crippen molar-refractivity contribution in [2.24, 2.45) is 4.99 Å². The summed E-state index contributed by atoms with van der Waals surface area (Å²) in [6.07, 6.45) is -1.47. The Morgan fingerprint density at radius 1 is 1.45 bits per heavy atom. The quantitative estimate of drug-likeness (QED) is 0.470. The molecule has 2 fully saturated rings. The first-order valence-electron chi connectivity index (χ1n) is 7.61. The number of hydrogen-bond acceptors (Lipinski definition) is 3. The zero-order valence-electron chi connectivity index (χ0n) is 13.1. The Labute approximate surface area is 128 Å². The van der Waals surface area contributed by atoms with Gasteiger partial charge in [-0.25, -0.2) is 0 Å². The molecule has 2 atom stereocenters. The number of carbonyl (C=O) groups excluding carboxylic acids is 1. The normalized spacial score (nSPS) is 25.2. The van der Waals surface area contributed by atoms with Crippen LogP contribution < -0.4 is 10.6 Å². The second-order valence-electron chi connectivity index (χ2n) is 6.11. The molecule has 1 spiro atoms. The lowest BCUT2D eigenvalue weighted by atomic mass is 10.1. The fourth-order valence-electron chi connectivity index (χ4n) is 2.81. The van der Waals surface area contributed by atoms with E-state index in [-0.39, 0.29) is 24.0 Å². The average Bonchev–Trinajstić information content (AvgIpc) is 3.03. The van der Waals surface area contributed by atoms with Gasteiger partial charge in [0.1, 0.15) is 0 Å². The monoisotopic (exact) mass is 320 g/mol. The largest absolute Gasteiger partial charge is 0.449 e. The number of amides is 1. The van der Waals surface area contributed by atoms with Gasteiger partial charge in [0.05, 0.1) is 12.2 Å². The minimum Gasteiger partial charge on any atom is -0.336 e. The van der Waals surface area contributed by atoms with Gasteiger partial charge in [0.15, 0.2) is 0 Å². The highest BCUT2D eigenvalue weighted by Crippen LogP contribution is 2.44. The van der Waals surface area contributed by atoms with E-state index in [0.717, 1.165) is 30.6 Å². The molecule has 0 aromatic heterocycles. The number of amidine groups is 1. The van der Waals surface area contributed by atoms with Crippen molar-refractivity contribution >= 4 is 11.7 Å². The summed E-state index contributed by atoms with van der Waals surface area (Å²) in [5, 5.41) is 5.93. The van der Waals surface area contributed by atoms with Crippen molar-refractivity contribution in [3.63, 3.8) is 0 Å². The third-order valence-electron chi connectivity index (χ3n) is 4.39. The van der Waals surface area contributed by atoms with E-state index >= 15 is 0 Å². The van der Waals surface area contributed by atoms with Crippen LogP contribution in [-0.2, 0) is 4.79 Å². The Morgan fingerprint density at radius 3 is 2.55 bits per heavy atom. The fraction of sp³-hybridized carbons (Fsp3) is 0.857. The summed E-state index contributed by atoms with van der Waals surface area (Å²) in [5.41, 5.74) is 0.123. The fourth-order valence-corrected chi connectivity index (χ4v) is 2.81. The van der Waals surface area contributed by atoms with Crippen LogP contribution in [0.15, 0.2) is 4.99 Å². The van der Waals surface area contributed by atoms with Gasteiger partial charge in [-0.15, -0.1) is 0 Å². The summed E-state index contributed by atoms with van der Waals surface area (Å²) < 4.78 is 38.9. The molecule has 5 nitrogen and oxygen atoms in total. The number of alkyl halides is 3. The van der Waals surface area contributed by atoms with E-state index in [9.17, 15) is 18.0 Å². The molecular weight excluding hydrogens is 297 g/mol. The molecular formula is C14H23F3N4O. The highest BCUT2D eigenvalue weighted by molar-refractivity contribution is 5.88. The lowest BCUT2D eigenvalue weighted by Crippen LogP contribution is -2.54. The van der Waals surface area contributed by atoms with E-state index < -0.39 is 18.2 Å². The zero-order chi connectivity index (χ0) is 16.5. The number of nitrogens with zero attached hydrogens (tertiary/aromatic N) is 2. The van der Waals surface area contributed by atoms with Crippen LogP contribution in [0, 0.1) is 0 Å². The number of hydrogen-bond donors (Lipinski definition) is 2. The van der Waals surface area contributed by atoms with Gasteiger partial charge < -0.3 is 15.5 Å². The van der Waals surface area contributed by atoms with Crippen LogP contribution in [0.5, 0.6) is 0 Å². The molecule has 126 valence electrons. The molecule has 2 aliphatic rings. The molecule has 1 aliphatic heterocycles. The molecule has 1 saturated carbocycles. The van der Waals surface area contributed by atoms with Crippen molar-refractivity contribution in [3.05, 3.63) is 0 Å². The number of rotatable bonds is 4. The summed E-state index contributed by atoms with van der Waals surface area (Å²) in [6, 6.07) is -0.309. The molecule has 2 rings (SSSR count). The highest BCUT2D eigenvalue weighted by Gasteiger charge is 2.49. The molecule has 1 aliphatic carbocycles. The van der Waals surface area contributed by atoms with Gasteiger partial charge >= 0.3 is 6.18 Å². The summed E-state index contributed by atoms with van der Waals surface area (Å²) in [4.78, 5) is 16.7. The van der Waals surface area contributed by atoms with Crippen LogP contribution in [0.3, 0.4) is 0 Å². The van der Waals surface area contributed by atoms with Crippen molar-refractivity contribution in [1.29, 1.82) is 0 Å². The molecule has 0 aromatic carbocycles. The first kappa shape index (κ1) is 17.1. The minimum atomic E-state index is -4.53. The summed E-state index contributed by atoms with van der Waals surface area (Å²) in [6.45, 7) is 3.10. The van der Waals surface area contributed by atoms with E-state index in [1.807, 2.05) is 0 Å². The van der Waals surface area contributed by atoms with Gasteiger partial charge in [-0.05, 0) is 39.5 Å². The summed E-state index contributed by atoms with van der Waals surface area (Å²) in [5.74, 6) is -1.22. The Hall–Kier alpha value is -1.31. The Balaban J connectivity index is 1.94. The molecule has 22 heavy (non-hydrogen) atoms. The van der Waals surface area contributed by atoms with Gasteiger partial charge in [0.2, 0.25) is 11.7 Å². The number of halogens is 3. The maximum atomic E-state index is 13.0. The Kier molecular flexibility index (Phi) is 4.70. The van der Waals surface area contributed by atoms with Crippen LogP contribution in [0.4, 0.5) is 13.2 Å². The minimum absolute atomic E-state index is 0.0343. The summed E-state index contributed by atoms with van der Waals surface area (Å²) in [7, 11) is 1.29. The van der Waals surface area contributed by atoms with Crippen LogP contribution in [0.1, 0.15) is 39.5 Å². The second kappa shape index (κ2) is 6.06. The first-order chi connectivity index (χ1) is 10.2. The van der Waals surface area contributed by atoms with Crippen LogP contribution in [-0.4, -0.2) is 54.2 Å². The molecule has 1 heterocycles. The molecule has 8 heteroatoms. The Morgan fingerprint density at radius 2 is 2.09 bits per heavy atom. The topological polar surface area (TPSA) is 56.7 Å². The second-order valence-corrected chi connectivity index (χ2v) is 6.11. The molecule has 1 amide bonds. The predicted molar refractivity (Wildman–Crippen MR) is 77.5 cm³/mol. The SMILES string of the molecule is CCN=C(N(C)C(C)NC(=O)[C@@H]1CCC2(CC2)N1)C(F)(F)F. The van der Waals surface area contributed by atoms with Gasteiger partial charge in [0, 0.05) is 19.1 Å². The Bertz CT molecular complexity index is 459. The lowest BCUT2D eigenvalue weighted by Gasteiger charge is -2.30. The van der Waals surface area contributed by atoms with Crippen molar-refractivity contribution in [1.82, 2.24) is 15.5 Å². The van der Waals surface area contributed by atoms with Crippen LogP contribution in [0.25, 0.3) is 0 Å². The summed E-state index contributed by atoms with van der Waals surface area (Å²) >= 11 is 0. The van der Waals surface area contributed by atoms with Crippen LogP contribution in [0.2, 0.25) is 0 Å². The third kappa shape index (κ3) is 3.71. The van der Waals surface area contributed by atoms with E-state index in [2.05, 4.69) is 15.6 Å². The van der Waals surface area contributed by atoms with E-state index in [1.165, 1.54) is 14.0 Å². The standard InChI is InChI=1S/C14H23F3N4O/c1-4-18-12(14(15,16)17)21(3)9(2)19-11(22)10-5-6-13(20-10)7-8-13/h9-10,20H,4-8H2,1-3H3,(H,19,22)/t9?,10-/m0/s1. The lowest BCUT2D eigenvalue weighted by molar-refractivity contribution is -0.124. The smallest absolute Gasteiger partial charge is 0.336 e. The van der Waals surface area contributed by atoms with Gasteiger partial charge in [-0.1, -0.05) is 0 Å². The molecule has 1 unspecified atom stereocenters. The van der Waals surface area contributed by atoms with Crippen LogP contribution >= 0.6 is 0 Å².